The number of hydrogen-bond donors (Lipinski definition) is 0. The molecule has 2 aromatic rings. The molecule has 2 rings (SSSR count). The summed E-state index contributed by atoms with van der Waals surface area (Å²) in [5.74, 6) is 0. The first kappa shape index (κ1) is 25.8. The number of hydrogen-bond acceptors (Lipinski definition) is 3. The van der Waals surface area contributed by atoms with Gasteiger partial charge in [0.15, 0.2) is 0 Å². The van der Waals surface area contributed by atoms with Crippen molar-refractivity contribution >= 4 is 18.7 Å². The van der Waals surface area contributed by atoms with Gasteiger partial charge in [-0.05, 0) is 21.8 Å². The van der Waals surface area contributed by atoms with Crippen molar-refractivity contribution in [3.05, 3.63) is 60.7 Å². The minimum absolute atomic E-state index is 0.0251. The van der Waals surface area contributed by atoms with Gasteiger partial charge in [0.05, 0.1) is 18.8 Å². The molecule has 0 aliphatic heterocycles. The van der Waals surface area contributed by atoms with E-state index in [4.69, 9.17) is 13.9 Å². The van der Waals surface area contributed by atoms with Crippen LogP contribution in [0.5, 0.6) is 0 Å². The summed E-state index contributed by atoms with van der Waals surface area (Å²) in [6.07, 6.45) is 5.72. The maximum absolute atomic E-state index is 7.29. The van der Waals surface area contributed by atoms with Gasteiger partial charge in [-0.2, -0.15) is 0 Å². The first-order valence-electron chi connectivity index (χ1n) is 11.7. The quantitative estimate of drug-likeness (QED) is 0.300. The number of rotatable bonds is 13. The van der Waals surface area contributed by atoms with E-state index in [1.165, 1.54) is 29.6 Å². The van der Waals surface area contributed by atoms with Gasteiger partial charge in [0.25, 0.3) is 8.32 Å². The maximum Gasteiger partial charge on any atom is 0.261 e. The van der Waals surface area contributed by atoms with Gasteiger partial charge in [-0.1, -0.05) is 108 Å². The van der Waals surface area contributed by atoms with Crippen molar-refractivity contribution < 1.29 is 13.9 Å². The highest BCUT2D eigenvalue weighted by Crippen LogP contribution is 2.38. The SMILES string of the molecule is CCCCC[C@H](C[C@H](COC)O[Si](c1ccccc1)(c1ccccc1)C(C)(C)C)OC. The molecule has 0 bridgehead atoms. The first-order valence-corrected chi connectivity index (χ1v) is 13.6. The summed E-state index contributed by atoms with van der Waals surface area (Å²) >= 11 is 0. The van der Waals surface area contributed by atoms with E-state index >= 15 is 0 Å². The molecule has 0 aromatic heterocycles. The fraction of sp³-hybridized carbons (Fsp3) is 0.556. The van der Waals surface area contributed by atoms with Gasteiger partial charge >= 0.3 is 0 Å². The second kappa shape index (κ2) is 12.5. The average molecular weight is 443 g/mol. The van der Waals surface area contributed by atoms with Crippen molar-refractivity contribution in [1.82, 2.24) is 0 Å². The molecule has 31 heavy (non-hydrogen) atoms. The van der Waals surface area contributed by atoms with Gasteiger partial charge in [-0.3, -0.25) is 0 Å². The topological polar surface area (TPSA) is 27.7 Å². The second-order valence-corrected chi connectivity index (χ2v) is 13.7. The largest absolute Gasteiger partial charge is 0.402 e. The molecule has 0 heterocycles. The van der Waals surface area contributed by atoms with Crippen LogP contribution in [0.2, 0.25) is 5.04 Å². The van der Waals surface area contributed by atoms with Crippen molar-refractivity contribution in [3.8, 4) is 0 Å². The monoisotopic (exact) mass is 442 g/mol. The molecule has 0 amide bonds. The van der Waals surface area contributed by atoms with Crippen molar-refractivity contribution in [2.24, 2.45) is 0 Å². The molecule has 172 valence electrons. The van der Waals surface area contributed by atoms with Gasteiger partial charge < -0.3 is 13.9 Å². The Morgan fingerprint density at radius 3 is 1.77 bits per heavy atom. The lowest BCUT2D eigenvalue weighted by atomic mass is 10.1. The Bertz CT molecular complexity index is 688. The van der Waals surface area contributed by atoms with E-state index in [-0.39, 0.29) is 17.2 Å². The minimum atomic E-state index is -2.60. The minimum Gasteiger partial charge on any atom is -0.402 e. The molecule has 0 aliphatic rings. The van der Waals surface area contributed by atoms with E-state index in [1.54, 1.807) is 7.11 Å². The summed E-state index contributed by atoms with van der Waals surface area (Å²) in [5.41, 5.74) is 0. The molecule has 0 saturated heterocycles. The van der Waals surface area contributed by atoms with Gasteiger partial charge in [0.2, 0.25) is 0 Å². The van der Waals surface area contributed by atoms with Crippen LogP contribution in [0.15, 0.2) is 60.7 Å². The lowest BCUT2D eigenvalue weighted by Gasteiger charge is -2.45. The zero-order valence-electron chi connectivity index (χ0n) is 20.4. The van der Waals surface area contributed by atoms with E-state index < -0.39 is 8.32 Å². The zero-order valence-corrected chi connectivity index (χ0v) is 21.4. The highest BCUT2D eigenvalue weighted by Gasteiger charge is 2.51. The fourth-order valence-corrected chi connectivity index (χ4v) is 9.20. The van der Waals surface area contributed by atoms with Gasteiger partial charge in [0, 0.05) is 20.6 Å². The van der Waals surface area contributed by atoms with Gasteiger partial charge in [-0.25, -0.2) is 0 Å². The highest BCUT2D eigenvalue weighted by molar-refractivity contribution is 6.99. The highest BCUT2D eigenvalue weighted by atomic mass is 28.4. The number of methoxy groups -OCH3 is 2. The molecule has 2 aromatic carbocycles. The second-order valence-electron chi connectivity index (χ2n) is 9.45. The predicted octanol–water partition coefficient (Wildman–Crippen LogP) is 5.56. The summed E-state index contributed by atoms with van der Waals surface area (Å²) in [4.78, 5) is 0. The lowest BCUT2D eigenvalue weighted by Crippen LogP contribution is -2.68. The summed E-state index contributed by atoms with van der Waals surface area (Å²) in [6, 6.07) is 21.6. The maximum atomic E-state index is 7.29. The van der Waals surface area contributed by atoms with Crippen LogP contribution >= 0.6 is 0 Å². The predicted molar refractivity (Wildman–Crippen MR) is 134 cm³/mol. The van der Waals surface area contributed by atoms with Crippen LogP contribution in [0, 0.1) is 0 Å². The number of unbranched alkanes of at least 4 members (excludes halogenated alkanes) is 2. The molecular weight excluding hydrogens is 400 g/mol. The van der Waals surface area contributed by atoms with E-state index in [1.807, 2.05) is 7.11 Å². The smallest absolute Gasteiger partial charge is 0.261 e. The Morgan fingerprint density at radius 2 is 1.35 bits per heavy atom. The normalized spacial score (nSPS) is 14.4. The molecule has 0 saturated carbocycles. The van der Waals surface area contributed by atoms with E-state index in [0.29, 0.717) is 6.61 Å². The molecule has 3 nitrogen and oxygen atoms in total. The molecule has 0 aliphatic carbocycles. The van der Waals surface area contributed by atoms with Crippen LogP contribution < -0.4 is 10.4 Å². The van der Waals surface area contributed by atoms with Crippen LogP contribution in [-0.4, -0.2) is 41.4 Å². The molecule has 2 atom stereocenters. The lowest BCUT2D eigenvalue weighted by molar-refractivity contribution is 0.0118. The zero-order chi connectivity index (χ0) is 22.7. The van der Waals surface area contributed by atoms with Crippen LogP contribution in [0.25, 0.3) is 0 Å². The standard InChI is InChI=1S/C27H42O3Si/c1-7-8-11-16-23(29-6)21-24(22-28-5)30-31(27(2,3)4,25-17-12-9-13-18-25)26-19-14-10-15-20-26/h9-10,12-15,17-20,23-24H,7-8,11,16,21-22H2,1-6H3/t23-,24-/m1/s1. The van der Waals surface area contributed by atoms with Crippen LogP contribution in [0.1, 0.15) is 59.8 Å². The fourth-order valence-electron chi connectivity index (χ4n) is 4.52. The Labute approximate surface area is 191 Å². The third-order valence-corrected chi connectivity index (χ3v) is 11.2. The first-order chi connectivity index (χ1) is 14.9. The van der Waals surface area contributed by atoms with E-state index in [2.05, 4.69) is 88.4 Å². The molecule has 0 unspecified atom stereocenters. The molecule has 0 spiro atoms. The number of benzene rings is 2. The summed E-state index contributed by atoms with van der Waals surface area (Å²) in [7, 11) is 0.984. The average Bonchev–Trinajstić information content (AvgIpc) is 2.77. The Morgan fingerprint density at radius 1 is 0.806 bits per heavy atom. The van der Waals surface area contributed by atoms with Gasteiger partial charge in [0.1, 0.15) is 0 Å². The third-order valence-electron chi connectivity index (χ3n) is 6.10. The van der Waals surface area contributed by atoms with Crippen molar-refractivity contribution in [1.29, 1.82) is 0 Å². The molecular formula is C27H42O3Si. The summed E-state index contributed by atoms with van der Waals surface area (Å²) in [5, 5.41) is 2.55. The molecule has 0 N–H and O–H groups in total. The van der Waals surface area contributed by atoms with Crippen LogP contribution in [0.4, 0.5) is 0 Å². The van der Waals surface area contributed by atoms with Crippen LogP contribution in [0.3, 0.4) is 0 Å². The Hall–Kier alpha value is -1.46. The van der Waals surface area contributed by atoms with Crippen molar-refractivity contribution in [2.45, 2.75) is 77.0 Å². The van der Waals surface area contributed by atoms with Crippen molar-refractivity contribution in [2.75, 3.05) is 20.8 Å². The van der Waals surface area contributed by atoms with Crippen LogP contribution in [-0.2, 0) is 13.9 Å². The Balaban J connectivity index is 2.46. The Kier molecular flexibility index (Phi) is 10.4. The van der Waals surface area contributed by atoms with Crippen molar-refractivity contribution in [3.63, 3.8) is 0 Å². The molecule has 0 radical (unpaired) electrons. The number of ether oxygens (including phenoxy) is 2. The van der Waals surface area contributed by atoms with E-state index in [9.17, 15) is 0 Å². The summed E-state index contributed by atoms with van der Waals surface area (Å²) in [6.45, 7) is 9.76. The molecule has 4 heteroatoms. The van der Waals surface area contributed by atoms with E-state index in [0.717, 1.165) is 12.8 Å². The summed E-state index contributed by atoms with van der Waals surface area (Å²) < 4.78 is 18.8. The van der Waals surface area contributed by atoms with Gasteiger partial charge in [-0.15, -0.1) is 0 Å². The molecule has 0 fully saturated rings. The third kappa shape index (κ3) is 6.76.